The highest BCUT2D eigenvalue weighted by Crippen LogP contribution is 2.33. The lowest BCUT2D eigenvalue weighted by Gasteiger charge is -2.34. The van der Waals surface area contributed by atoms with Crippen LogP contribution in [0.25, 0.3) is 22.3 Å². The Morgan fingerprint density at radius 2 is 1.85 bits per heavy atom. The fourth-order valence-corrected chi connectivity index (χ4v) is 4.45. The summed E-state index contributed by atoms with van der Waals surface area (Å²) in [6.07, 6.45) is 0.960. The number of nitrogens with zero attached hydrogens (tertiary/aromatic N) is 3. The van der Waals surface area contributed by atoms with Crippen molar-refractivity contribution in [3.63, 3.8) is 0 Å². The first kappa shape index (κ1) is 24.0. The van der Waals surface area contributed by atoms with Gasteiger partial charge in [0.25, 0.3) is 0 Å². The van der Waals surface area contributed by atoms with E-state index in [1.165, 1.54) is 0 Å². The Morgan fingerprint density at radius 3 is 2.53 bits per heavy atom. The number of aromatic nitrogens is 2. The Hall–Kier alpha value is -3.19. The van der Waals surface area contributed by atoms with Crippen LogP contribution in [0.3, 0.4) is 0 Å². The number of aryl methyl sites for hydroxylation is 1. The minimum atomic E-state index is -0.992. The predicted molar refractivity (Wildman–Crippen MR) is 135 cm³/mol. The SMILES string of the molecule is Cc1ccc2c(N3CCC(NC(=O)[C@H](O)CC(C)(C)C)CC3)nc(-c3ccccc3O)nc2c1. The van der Waals surface area contributed by atoms with Crippen molar-refractivity contribution in [1.29, 1.82) is 0 Å². The Bertz CT molecular complexity index is 1180. The summed E-state index contributed by atoms with van der Waals surface area (Å²) in [5.74, 6) is 1.18. The van der Waals surface area contributed by atoms with Crippen molar-refractivity contribution in [2.75, 3.05) is 18.0 Å². The Balaban J connectivity index is 1.54. The average molecular weight is 463 g/mol. The monoisotopic (exact) mass is 462 g/mol. The van der Waals surface area contributed by atoms with Crippen LogP contribution in [0, 0.1) is 12.3 Å². The number of aromatic hydroxyl groups is 1. The third-order valence-electron chi connectivity index (χ3n) is 6.23. The second-order valence-electron chi connectivity index (χ2n) is 10.5. The minimum Gasteiger partial charge on any atom is -0.507 e. The van der Waals surface area contributed by atoms with E-state index in [2.05, 4.69) is 16.3 Å². The van der Waals surface area contributed by atoms with Gasteiger partial charge in [-0.05, 0) is 61.4 Å². The molecule has 1 amide bonds. The number of piperidine rings is 1. The topological polar surface area (TPSA) is 98.6 Å². The molecule has 7 heteroatoms. The molecule has 3 N–H and O–H groups in total. The first-order valence-electron chi connectivity index (χ1n) is 11.9. The highest BCUT2D eigenvalue weighted by molar-refractivity contribution is 5.92. The number of nitrogens with one attached hydrogen (secondary N) is 1. The first-order valence-corrected chi connectivity index (χ1v) is 11.9. The molecule has 1 fully saturated rings. The second-order valence-corrected chi connectivity index (χ2v) is 10.5. The summed E-state index contributed by atoms with van der Waals surface area (Å²) in [6.45, 7) is 9.51. The molecule has 0 bridgehead atoms. The predicted octanol–water partition coefficient (Wildman–Crippen LogP) is 4.19. The van der Waals surface area contributed by atoms with Gasteiger partial charge in [0.15, 0.2) is 5.82 Å². The van der Waals surface area contributed by atoms with Crippen molar-refractivity contribution in [3.8, 4) is 17.1 Å². The fourth-order valence-electron chi connectivity index (χ4n) is 4.45. The van der Waals surface area contributed by atoms with E-state index >= 15 is 0 Å². The number of fused-ring (bicyclic) bond motifs is 1. The van der Waals surface area contributed by atoms with Crippen LogP contribution in [-0.4, -0.2) is 51.3 Å². The van der Waals surface area contributed by atoms with Gasteiger partial charge in [-0.25, -0.2) is 9.97 Å². The lowest BCUT2D eigenvalue weighted by molar-refractivity contribution is -0.131. The molecule has 3 aromatic rings. The number of aliphatic hydroxyl groups excluding tert-OH is 1. The molecule has 0 spiro atoms. The molecule has 4 rings (SSSR count). The van der Waals surface area contributed by atoms with E-state index in [0.717, 1.165) is 48.2 Å². The number of benzene rings is 2. The quantitative estimate of drug-likeness (QED) is 0.526. The first-order chi connectivity index (χ1) is 16.1. The molecule has 1 aliphatic rings. The van der Waals surface area contributed by atoms with Gasteiger partial charge in [0.2, 0.25) is 5.91 Å². The van der Waals surface area contributed by atoms with Gasteiger partial charge >= 0.3 is 0 Å². The summed E-state index contributed by atoms with van der Waals surface area (Å²) >= 11 is 0. The fraction of sp³-hybridized carbons (Fsp3) is 0.444. The Labute approximate surface area is 200 Å². The van der Waals surface area contributed by atoms with Gasteiger partial charge in [-0.2, -0.15) is 0 Å². The van der Waals surface area contributed by atoms with Crippen molar-refractivity contribution in [2.24, 2.45) is 5.41 Å². The smallest absolute Gasteiger partial charge is 0.249 e. The van der Waals surface area contributed by atoms with Gasteiger partial charge < -0.3 is 20.4 Å². The van der Waals surface area contributed by atoms with Crippen LogP contribution in [0.1, 0.15) is 45.6 Å². The van der Waals surface area contributed by atoms with Crippen LogP contribution < -0.4 is 10.2 Å². The maximum absolute atomic E-state index is 12.5. The Morgan fingerprint density at radius 1 is 1.15 bits per heavy atom. The molecule has 0 unspecified atom stereocenters. The van der Waals surface area contributed by atoms with Crippen molar-refractivity contribution in [2.45, 2.75) is 59.1 Å². The number of aliphatic hydroxyl groups is 1. The number of para-hydroxylation sites is 1. The number of carbonyl (C=O) groups excluding carboxylic acids is 1. The van der Waals surface area contributed by atoms with Gasteiger partial charge in [-0.15, -0.1) is 0 Å². The van der Waals surface area contributed by atoms with Gasteiger partial charge in [0.05, 0.1) is 11.1 Å². The van der Waals surface area contributed by atoms with Crippen LogP contribution in [0.4, 0.5) is 5.82 Å². The van der Waals surface area contributed by atoms with Crippen molar-refractivity contribution >= 4 is 22.6 Å². The molecule has 1 atom stereocenters. The molecule has 1 aliphatic heterocycles. The minimum absolute atomic E-state index is 0.0198. The standard InChI is InChI=1S/C27H34N4O3/c1-17-9-10-19-21(15-17)29-24(20-7-5-6-8-22(20)32)30-25(19)31-13-11-18(12-14-31)28-26(34)23(33)16-27(2,3)4/h5-10,15,18,23,32-33H,11-14,16H2,1-4H3,(H,28,34)/t23-/m1/s1. The van der Waals surface area contributed by atoms with E-state index in [0.29, 0.717) is 17.8 Å². The maximum atomic E-state index is 12.5. The number of hydrogen-bond acceptors (Lipinski definition) is 6. The number of hydrogen-bond donors (Lipinski definition) is 3. The van der Waals surface area contributed by atoms with Crippen molar-refractivity contribution in [3.05, 3.63) is 48.0 Å². The largest absolute Gasteiger partial charge is 0.507 e. The van der Waals surface area contributed by atoms with Gasteiger partial charge in [-0.1, -0.05) is 39.0 Å². The second kappa shape index (κ2) is 9.58. The van der Waals surface area contributed by atoms with E-state index in [9.17, 15) is 15.0 Å². The number of rotatable bonds is 5. The molecule has 2 heterocycles. The molecule has 7 nitrogen and oxygen atoms in total. The lowest BCUT2D eigenvalue weighted by Crippen LogP contribution is -2.48. The van der Waals surface area contributed by atoms with Gasteiger partial charge in [0.1, 0.15) is 17.7 Å². The van der Waals surface area contributed by atoms with Crippen LogP contribution in [0.2, 0.25) is 0 Å². The molecular weight excluding hydrogens is 428 g/mol. The number of phenolic OH excluding ortho intramolecular Hbond substituents is 1. The van der Waals surface area contributed by atoms with E-state index in [-0.39, 0.29) is 23.1 Å². The summed E-state index contributed by atoms with van der Waals surface area (Å²) in [6, 6.07) is 13.3. The number of anilines is 1. The molecule has 1 aromatic heterocycles. The molecule has 1 saturated heterocycles. The summed E-state index contributed by atoms with van der Waals surface area (Å²) in [7, 11) is 0. The third kappa shape index (κ3) is 5.47. The van der Waals surface area contributed by atoms with Gasteiger partial charge in [-0.3, -0.25) is 4.79 Å². The normalized spacial score (nSPS) is 16.0. The van der Waals surface area contributed by atoms with E-state index in [1.807, 2.05) is 52.0 Å². The van der Waals surface area contributed by atoms with E-state index in [1.54, 1.807) is 12.1 Å². The zero-order valence-corrected chi connectivity index (χ0v) is 20.4. The van der Waals surface area contributed by atoms with Crippen molar-refractivity contribution < 1.29 is 15.0 Å². The van der Waals surface area contributed by atoms with Crippen molar-refractivity contribution in [1.82, 2.24) is 15.3 Å². The molecule has 2 aromatic carbocycles. The summed E-state index contributed by atoms with van der Waals surface area (Å²) in [5, 5.41) is 24.6. The van der Waals surface area contributed by atoms with Crippen LogP contribution in [0.5, 0.6) is 5.75 Å². The number of carbonyl (C=O) groups is 1. The maximum Gasteiger partial charge on any atom is 0.249 e. The van der Waals surface area contributed by atoms with Gasteiger partial charge in [0, 0.05) is 24.5 Å². The van der Waals surface area contributed by atoms with E-state index < -0.39 is 6.10 Å². The number of amides is 1. The molecule has 0 aliphatic carbocycles. The van der Waals surface area contributed by atoms with Crippen LogP contribution in [0.15, 0.2) is 42.5 Å². The zero-order chi connectivity index (χ0) is 24.5. The third-order valence-corrected chi connectivity index (χ3v) is 6.23. The molecule has 0 saturated carbocycles. The molecule has 0 radical (unpaired) electrons. The summed E-state index contributed by atoms with van der Waals surface area (Å²) < 4.78 is 0. The highest BCUT2D eigenvalue weighted by atomic mass is 16.3. The summed E-state index contributed by atoms with van der Waals surface area (Å²) in [4.78, 5) is 24.3. The molecule has 180 valence electrons. The lowest BCUT2D eigenvalue weighted by atomic mass is 9.89. The van der Waals surface area contributed by atoms with Crippen LogP contribution >= 0.6 is 0 Å². The molecule has 34 heavy (non-hydrogen) atoms. The van der Waals surface area contributed by atoms with E-state index in [4.69, 9.17) is 9.97 Å². The summed E-state index contributed by atoms with van der Waals surface area (Å²) in [5.41, 5.74) is 2.43. The number of phenols is 1. The average Bonchev–Trinajstić information content (AvgIpc) is 2.78. The molecular formula is C27H34N4O3. The Kier molecular flexibility index (Phi) is 6.75. The van der Waals surface area contributed by atoms with Crippen LogP contribution in [-0.2, 0) is 4.79 Å². The highest BCUT2D eigenvalue weighted by Gasteiger charge is 2.28. The zero-order valence-electron chi connectivity index (χ0n) is 20.4.